The van der Waals surface area contributed by atoms with Gasteiger partial charge in [-0.05, 0) is 38.5 Å². The first kappa shape index (κ1) is 16.1. The highest BCUT2D eigenvalue weighted by atomic mass is 19.4. The third kappa shape index (κ3) is 3.48. The van der Waals surface area contributed by atoms with Crippen LogP contribution in [0.15, 0.2) is 12.1 Å². The van der Waals surface area contributed by atoms with E-state index in [4.69, 9.17) is 0 Å². The van der Waals surface area contributed by atoms with Crippen LogP contribution in [0.25, 0.3) is 0 Å². The van der Waals surface area contributed by atoms with Gasteiger partial charge in [-0.3, -0.25) is 4.90 Å². The summed E-state index contributed by atoms with van der Waals surface area (Å²) >= 11 is 0. The minimum atomic E-state index is -4.66. The van der Waals surface area contributed by atoms with Crippen LogP contribution in [0.1, 0.15) is 25.0 Å². The van der Waals surface area contributed by atoms with Crippen LogP contribution in [0.3, 0.4) is 0 Å². The molecule has 1 aliphatic rings. The molecule has 0 bridgehead atoms. The second-order valence-electron chi connectivity index (χ2n) is 5.76. The summed E-state index contributed by atoms with van der Waals surface area (Å²) in [6.07, 6.45) is -4.66. The molecule has 1 heterocycles. The average molecular weight is 304 g/mol. The number of aryl methyl sites for hydroxylation is 1. The number of hydrogen-bond donors (Lipinski definition) is 0. The predicted molar refractivity (Wildman–Crippen MR) is 75.1 cm³/mol. The van der Waals surface area contributed by atoms with Crippen molar-refractivity contribution in [2.45, 2.75) is 33.0 Å². The highest BCUT2D eigenvalue weighted by Gasteiger charge is 2.36. The normalized spacial score (nSPS) is 17.6. The van der Waals surface area contributed by atoms with Gasteiger partial charge in [-0.2, -0.15) is 13.2 Å². The maximum Gasteiger partial charge on any atom is 0.419 e. The lowest BCUT2D eigenvalue weighted by atomic mass is 10.1. The van der Waals surface area contributed by atoms with Gasteiger partial charge in [-0.1, -0.05) is 0 Å². The van der Waals surface area contributed by atoms with Gasteiger partial charge >= 0.3 is 6.18 Å². The number of halogens is 4. The molecule has 1 aromatic rings. The molecule has 1 aromatic carbocycles. The second-order valence-corrected chi connectivity index (χ2v) is 5.76. The summed E-state index contributed by atoms with van der Waals surface area (Å²) < 4.78 is 52.8. The molecule has 0 atom stereocenters. The van der Waals surface area contributed by atoms with E-state index >= 15 is 0 Å². The Morgan fingerprint density at radius 2 is 1.62 bits per heavy atom. The van der Waals surface area contributed by atoms with Crippen molar-refractivity contribution in [3.63, 3.8) is 0 Å². The van der Waals surface area contributed by atoms with Crippen molar-refractivity contribution >= 4 is 5.69 Å². The van der Waals surface area contributed by atoms with Gasteiger partial charge in [-0.15, -0.1) is 0 Å². The summed E-state index contributed by atoms with van der Waals surface area (Å²) in [6.45, 7) is 8.24. The average Bonchev–Trinajstić information content (AvgIpc) is 2.40. The lowest BCUT2D eigenvalue weighted by molar-refractivity contribution is -0.139. The third-order valence-corrected chi connectivity index (χ3v) is 3.89. The molecule has 21 heavy (non-hydrogen) atoms. The van der Waals surface area contributed by atoms with Crippen molar-refractivity contribution in [3.8, 4) is 0 Å². The molecule has 0 amide bonds. The monoisotopic (exact) mass is 304 g/mol. The quantitative estimate of drug-likeness (QED) is 0.769. The minimum Gasteiger partial charge on any atom is -0.367 e. The maximum atomic E-state index is 14.2. The number of anilines is 1. The van der Waals surface area contributed by atoms with Gasteiger partial charge < -0.3 is 4.90 Å². The van der Waals surface area contributed by atoms with E-state index in [1.165, 1.54) is 6.07 Å². The zero-order valence-electron chi connectivity index (χ0n) is 12.5. The number of rotatable bonds is 2. The molecule has 0 spiro atoms. The fourth-order valence-electron chi connectivity index (χ4n) is 2.67. The van der Waals surface area contributed by atoms with E-state index in [0.717, 1.165) is 19.2 Å². The van der Waals surface area contributed by atoms with E-state index < -0.39 is 17.6 Å². The van der Waals surface area contributed by atoms with Crippen molar-refractivity contribution in [1.29, 1.82) is 0 Å². The summed E-state index contributed by atoms with van der Waals surface area (Å²) in [7, 11) is 0. The first-order chi connectivity index (χ1) is 9.70. The van der Waals surface area contributed by atoms with Gasteiger partial charge in [0.15, 0.2) is 5.82 Å². The molecule has 1 aliphatic heterocycles. The highest BCUT2D eigenvalue weighted by Crippen LogP contribution is 2.36. The predicted octanol–water partition coefficient (Wildman–Crippen LogP) is 3.68. The zero-order valence-corrected chi connectivity index (χ0v) is 12.5. The van der Waals surface area contributed by atoms with Gasteiger partial charge in [0.1, 0.15) is 0 Å². The third-order valence-electron chi connectivity index (χ3n) is 3.89. The first-order valence-electron chi connectivity index (χ1n) is 7.06. The summed E-state index contributed by atoms with van der Waals surface area (Å²) in [5.74, 6) is -1.16. The van der Waals surface area contributed by atoms with Crippen molar-refractivity contribution in [2.24, 2.45) is 0 Å². The SMILES string of the molecule is Cc1cc(N2CCN(C(C)C)CC2)c(F)c(C(F)(F)F)c1. The van der Waals surface area contributed by atoms with Gasteiger partial charge in [0.2, 0.25) is 0 Å². The molecular formula is C15H20F4N2. The van der Waals surface area contributed by atoms with E-state index in [-0.39, 0.29) is 5.69 Å². The summed E-state index contributed by atoms with van der Waals surface area (Å²) in [5, 5.41) is 0. The Balaban J connectivity index is 2.27. The number of nitrogens with zero attached hydrogens (tertiary/aromatic N) is 2. The maximum absolute atomic E-state index is 14.2. The smallest absolute Gasteiger partial charge is 0.367 e. The largest absolute Gasteiger partial charge is 0.419 e. The second kappa shape index (κ2) is 5.83. The van der Waals surface area contributed by atoms with Crippen LogP contribution in [0.4, 0.5) is 23.2 Å². The molecular weight excluding hydrogens is 284 g/mol. The molecule has 1 fully saturated rings. The van der Waals surface area contributed by atoms with Crippen molar-refractivity contribution in [3.05, 3.63) is 29.1 Å². The Morgan fingerprint density at radius 3 is 2.10 bits per heavy atom. The Labute approximate surface area is 122 Å². The molecule has 118 valence electrons. The first-order valence-corrected chi connectivity index (χ1v) is 7.06. The van der Waals surface area contributed by atoms with Crippen molar-refractivity contribution in [1.82, 2.24) is 4.90 Å². The Bertz CT molecular complexity index is 503. The topological polar surface area (TPSA) is 6.48 Å². The Morgan fingerprint density at radius 1 is 1.05 bits per heavy atom. The molecule has 0 aromatic heterocycles. The lowest BCUT2D eigenvalue weighted by Crippen LogP contribution is -2.49. The molecule has 0 unspecified atom stereocenters. The minimum absolute atomic E-state index is 0.0609. The van der Waals surface area contributed by atoms with Crippen LogP contribution >= 0.6 is 0 Å². The zero-order chi connectivity index (χ0) is 15.8. The van der Waals surface area contributed by atoms with Crippen LogP contribution in [0, 0.1) is 12.7 Å². The van der Waals surface area contributed by atoms with Gasteiger partial charge in [0.25, 0.3) is 0 Å². The van der Waals surface area contributed by atoms with E-state index in [9.17, 15) is 17.6 Å². The van der Waals surface area contributed by atoms with Gasteiger partial charge in [0, 0.05) is 32.2 Å². The molecule has 0 radical (unpaired) electrons. The number of benzene rings is 1. The number of hydrogen-bond acceptors (Lipinski definition) is 2. The van der Waals surface area contributed by atoms with Crippen LogP contribution in [-0.2, 0) is 6.18 Å². The fourth-order valence-corrected chi connectivity index (χ4v) is 2.67. The molecule has 0 aliphatic carbocycles. The van der Waals surface area contributed by atoms with Crippen LogP contribution in [0.5, 0.6) is 0 Å². The standard InChI is InChI=1S/C15H20F4N2/c1-10(2)20-4-6-21(7-5-20)13-9-11(3)8-12(14(13)16)15(17,18)19/h8-10H,4-7H2,1-3H3. The van der Waals surface area contributed by atoms with Crippen molar-refractivity contribution in [2.75, 3.05) is 31.1 Å². The van der Waals surface area contributed by atoms with Crippen molar-refractivity contribution < 1.29 is 17.6 Å². The van der Waals surface area contributed by atoms with Crippen LogP contribution in [0.2, 0.25) is 0 Å². The van der Waals surface area contributed by atoms with E-state index in [1.807, 2.05) is 0 Å². The lowest BCUT2D eigenvalue weighted by Gasteiger charge is -2.38. The molecule has 2 rings (SSSR count). The number of alkyl halides is 3. The highest BCUT2D eigenvalue weighted by molar-refractivity contribution is 5.53. The van der Waals surface area contributed by atoms with E-state index in [2.05, 4.69) is 18.7 Å². The van der Waals surface area contributed by atoms with Gasteiger partial charge in [-0.25, -0.2) is 4.39 Å². The summed E-state index contributed by atoms with van der Waals surface area (Å²) in [5.41, 5.74) is -0.695. The Kier molecular flexibility index (Phi) is 4.46. The number of piperazine rings is 1. The van der Waals surface area contributed by atoms with Crippen LogP contribution in [-0.4, -0.2) is 37.1 Å². The molecule has 0 saturated carbocycles. The van der Waals surface area contributed by atoms with E-state index in [0.29, 0.717) is 24.7 Å². The molecule has 2 nitrogen and oxygen atoms in total. The summed E-state index contributed by atoms with van der Waals surface area (Å²) in [4.78, 5) is 3.94. The van der Waals surface area contributed by atoms with Crippen LogP contribution < -0.4 is 4.90 Å². The molecule has 1 saturated heterocycles. The summed E-state index contributed by atoms with van der Waals surface area (Å²) in [6, 6.07) is 2.75. The Hall–Kier alpha value is -1.30. The fraction of sp³-hybridized carbons (Fsp3) is 0.600. The van der Waals surface area contributed by atoms with E-state index in [1.54, 1.807) is 11.8 Å². The molecule has 6 heteroatoms. The van der Waals surface area contributed by atoms with Gasteiger partial charge in [0.05, 0.1) is 11.3 Å². The molecule has 0 N–H and O–H groups in total.